The molecule has 0 radical (unpaired) electrons. The number of anilines is 2. The third-order valence-electron chi connectivity index (χ3n) is 3.05. The smallest absolute Gasteiger partial charge is 0.225 e. The van der Waals surface area contributed by atoms with Crippen molar-refractivity contribution in [3.05, 3.63) is 12.4 Å². The van der Waals surface area contributed by atoms with Crippen molar-refractivity contribution in [1.82, 2.24) is 9.97 Å². The predicted molar refractivity (Wildman–Crippen MR) is 60.6 cm³/mol. The van der Waals surface area contributed by atoms with Gasteiger partial charge in [-0.3, -0.25) is 4.79 Å². The molecule has 1 atom stereocenters. The third-order valence-corrected chi connectivity index (χ3v) is 3.05. The number of rotatable bonds is 2. The van der Waals surface area contributed by atoms with Gasteiger partial charge in [0.25, 0.3) is 0 Å². The zero-order chi connectivity index (χ0) is 11.8. The summed E-state index contributed by atoms with van der Waals surface area (Å²) in [5.41, 5.74) is 10.4. The number of aromatic nitrogens is 2. The zero-order valence-electron chi connectivity index (χ0n) is 9.18. The van der Waals surface area contributed by atoms with Crippen LogP contribution in [-0.4, -0.2) is 29.0 Å². The molecule has 4 N–H and O–H groups in total. The van der Waals surface area contributed by atoms with E-state index in [9.17, 15) is 4.79 Å². The van der Waals surface area contributed by atoms with Gasteiger partial charge in [-0.25, -0.2) is 9.97 Å². The van der Waals surface area contributed by atoms with Crippen molar-refractivity contribution >= 4 is 17.5 Å². The van der Waals surface area contributed by atoms with E-state index in [2.05, 4.69) is 9.97 Å². The van der Waals surface area contributed by atoms with E-state index in [0.717, 1.165) is 18.8 Å². The van der Waals surface area contributed by atoms with Gasteiger partial charge < -0.3 is 16.4 Å². The highest BCUT2D eigenvalue weighted by Gasteiger charge is 2.39. The molecular weight excluding hydrogens is 206 g/mol. The largest absolute Gasteiger partial charge is 0.382 e. The van der Waals surface area contributed by atoms with E-state index in [0.29, 0.717) is 12.4 Å². The van der Waals surface area contributed by atoms with Gasteiger partial charge in [0.1, 0.15) is 11.6 Å². The predicted octanol–water partition coefficient (Wildman–Crippen LogP) is -0.239. The number of amides is 1. The number of carbonyl (C=O) groups is 1. The summed E-state index contributed by atoms with van der Waals surface area (Å²) in [5, 5.41) is 0. The van der Waals surface area contributed by atoms with E-state index in [4.69, 9.17) is 11.5 Å². The van der Waals surface area contributed by atoms with Gasteiger partial charge >= 0.3 is 0 Å². The van der Waals surface area contributed by atoms with Gasteiger partial charge in [-0.2, -0.15) is 0 Å². The van der Waals surface area contributed by atoms with Gasteiger partial charge in [-0.05, 0) is 13.3 Å². The van der Waals surface area contributed by atoms with E-state index < -0.39 is 5.41 Å². The second kappa shape index (κ2) is 3.62. The average Bonchev–Trinajstić information content (AvgIpc) is 2.63. The first-order valence-electron chi connectivity index (χ1n) is 5.14. The van der Waals surface area contributed by atoms with Crippen LogP contribution < -0.4 is 16.4 Å². The summed E-state index contributed by atoms with van der Waals surface area (Å²) < 4.78 is 0. The number of hydrogen-bond acceptors (Lipinski definition) is 5. The fourth-order valence-electron chi connectivity index (χ4n) is 1.85. The first kappa shape index (κ1) is 10.7. The molecule has 0 saturated carbocycles. The van der Waals surface area contributed by atoms with Gasteiger partial charge in [-0.1, -0.05) is 0 Å². The van der Waals surface area contributed by atoms with E-state index in [-0.39, 0.29) is 5.91 Å². The molecule has 1 aliphatic heterocycles. The monoisotopic (exact) mass is 221 g/mol. The van der Waals surface area contributed by atoms with Gasteiger partial charge in [0.15, 0.2) is 0 Å². The summed E-state index contributed by atoms with van der Waals surface area (Å²) in [5.74, 6) is 0.859. The van der Waals surface area contributed by atoms with Crippen molar-refractivity contribution < 1.29 is 4.79 Å². The maximum Gasteiger partial charge on any atom is 0.225 e. The van der Waals surface area contributed by atoms with Crippen LogP contribution >= 0.6 is 0 Å². The zero-order valence-corrected chi connectivity index (χ0v) is 9.18. The lowest BCUT2D eigenvalue weighted by molar-refractivity contribution is -0.125. The number of carbonyl (C=O) groups excluding carboxylic acids is 1. The molecule has 1 unspecified atom stereocenters. The molecule has 2 rings (SSSR count). The fraction of sp³-hybridized carbons (Fsp3) is 0.500. The molecule has 1 aromatic heterocycles. The van der Waals surface area contributed by atoms with Gasteiger partial charge in [0, 0.05) is 13.1 Å². The van der Waals surface area contributed by atoms with Crippen LogP contribution in [0.2, 0.25) is 0 Å². The molecule has 6 nitrogen and oxygen atoms in total. The summed E-state index contributed by atoms with van der Waals surface area (Å²) in [6, 6.07) is 0. The van der Waals surface area contributed by atoms with Crippen molar-refractivity contribution in [3.8, 4) is 0 Å². The summed E-state index contributed by atoms with van der Waals surface area (Å²) in [6.07, 6.45) is 3.87. The van der Waals surface area contributed by atoms with Crippen LogP contribution in [0.15, 0.2) is 12.4 Å². The topological polar surface area (TPSA) is 98.1 Å². The molecule has 1 amide bonds. The van der Waals surface area contributed by atoms with Crippen molar-refractivity contribution in [3.63, 3.8) is 0 Å². The highest BCUT2D eigenvalue weighted by Crippen LogP contribution is 2.31. The normalized spacial score (nSPS) is 24.7. The van der Waals surface area contributed by atoms with Crippen LogP contribution in [0.4, 0.5) is 11.6 Å². The molecule has 1 saturated heterocycles. The molecule has 1 aliphatic rings. The molecule has 6 heteroatoms. The Bertz CT molecular complexity index is 404. The summed E-state index contributed by atoms with van der Waals surface area (Å²) in [7, 11) is 0. The Kier molecular flexibility index (Phi) is 2.41. The minimum Gasteiger partial charge on any atom is -0.382 e. The number of nitrogen functional groups attached to an aromatic ring is 1. The average molecular weight is 221 g/mol. The Labute approximate surface area is 93.7 Å². The first-order chi connectivity index (χ1) is 7.51. The Morgan fingerprint density at radius 1 is 1.50 bits per heavy atom. The number of primary amides is 1. The Morgan fingerprint density at radius 2 is 2.25 bits per heavy atom. The SMILES string of the molecule is CC1(C(N)=O)CCN(c2cnc(N)cn2)C1. The van der Waals surface area contributed by atoms with Crippen molar-refractivity contribution in [2.75, 3.05) is 23.7 Å². The Hall–Kier alpha value is -1.85. The van der Waals surface area contributed by atoms with E-state index >= 15 is 0 Å². The minimum absolute atomic E-state index is 0.265. The number of nitrogens with zero attached hydrogens (tertiary/aromatic N) is 3. The molecule has 0 bridgehead atoms. The Morgan fingerprint density at radius 3 is 2.75 bits per heavy atom. The molecule has 86 valence electrons. The molecule has 0 aliphatic carbocycles. The molecular formula is C10H15N5O. The second-order valence-electron chi connectivity index (χ2n) is 4.40. The molecule has 16 heavy (non-hydrogen) atoms. The van der Waals surface area contributed by atoms with Gasteiger partial charge in [-0.15, -0.1) is 0 Å². The quantitative estimate of drug-likeness (QED) is 0.718. The van der Waals surface area contributed by atoms with Gasteiger partial charge in [0.05, 0.1) is 17.8 Å². The van der Waals surface area contributed by atoms with Crippen molar-refractivity contribution in [2.24, 2.45) is 11.1 Å². The van der Waals surface area contributed by atoms with E-state index in [1.54, 1.807) is 6.20 Å². The van der Waals surface area contributed by atoms with Crippen LogP contribution in [0, 0.1) is 5.41 Å². The van der Waals surface area contributed by atoms with Crippen LogP contribution in [0.25, 0.3) is 0 Å². The highest BCUT2D eigenvalue weighted by atomic mass is 16.1. The molecule has 1 fully saturated rings. The summed E-state index contributed by atoms with van der Waals surface area (Å²) in [6.45, 7) is 3.22. The summed E-state index contributed by atoms with van der Waals surface area (Å²) >= 11 is 0. The number of hydrogen-bond donors (Lipinski definition) is 2. The maximum absolute atomic E-state index is 11.3. The lowest BCUT2D eigenvalue weighted by atomic mass is 9.89. The van der Waals surface area contributed by atoms with E-state index in [1.807, 2.05) is 11.8 Å². The van der Waals surface area contributed by atoms with Crippen molar-refractivity contribution in [2.45, 2.75) is 13.3 Å². The molecule has 0 spiro atoms. The summed E-state index contributed by atoms with van der Waals surface area (Å²) in [4.78, 5) is 21.4. The Balaban J connectivity index is 2.15. The van der Waals surface area contributed by atoms with Gasteiger partial charge in [0.2, 0.25) is 5.91 Å². The van der Waals surface area contributed by atoms with Crippen LogP contribution in [-0.2, 0) is 4.79 Å². The molecule has 2 heterocycles. The molecule has 0 aromatic carbocycles. The maximum atomic E-state index is 11.3. The lowest BCUT2D eigenvalue weighted by Crippen LogP contribution is -2.37. The van der Waals surface area contributed by atoms with Crippen LogP contribution in [0.3, 0.4) is 0 Å². The number of nitrogens with two attached hydrogens (primary N) is 2. The first-order valence-corrected chi connectivity index (χ1v) is 5.14. The highest BCUT2D eigenvalue weighted by molar-refractivity contribution is 5.81. The third kappa shape index (κ3) is 1.78. The van der Waals surface area contributed by atoms with E-state index in [1.165, 1.54) is 6.20 Å². The van der Waals surface area contributed by atoms with Crippen LogP contribution in [0.5, 0.6) is 0 Å². The minimum atomic E-state index is -0.469. The second-order valence-corrected chi connectivity index (χ2v) is 4.40. The standard InChI is InChI=1S/C10H15N5O/c1-10(9(12)16)2-3-15(6-10)8-5-13-7(11)4-14-8/h4-5H,2-3,6H2,1H3,(H2,11,13)(H2,12,16). The molecule has 1 aromatic rings. The van der Waals surface area contributed by atoms with Crippen molar-refractivity contribution in [1.29, 1.82) is 0 Å². The lowest BCUT2D eigenvalue weighted by Gasteiger charge is -2.21. The fourth-order valence-corrected chi connectivity index (χ4v) is 1.85. The van der Waals surface area contributed by atoms with Crippen LogP contribution in [0.1, 0.15) is 13.3 Å².